The van der Waals surface area contributed by atoms with Gasteiger partial charge in [0.15, 0.2) is 0 Å². The number of carbonyl (C=O) groups is 1. The van der Waals surface area contributed by atoms with E-state index >= 15 is 0 Å². The average Bonchev–Trinajstić information content (AvgIpc) is 2.99. The molecule has 2 aliphatic rings. The van der Waals surface area contributed by atoms with E-state index in [1.165, 1.54) is 19.3 Å². The Bertz CT molecular complexity index is 1500. The first-order valence-electron chi connectivity index (χ1n) is 14.5. The van der Waals surface area contributed by atoms with Crippen LogP contribution in [0.25, 0.3) is 0 Å². The first kappa shape index (κ1) is 29.8. The first-order chi connectivity index (χ1) is 20.4. The average molecular weight is 606 g/mol. The quantitative estimate of drug-likeness (QED) is 0.194. The highest BCUT2D eigenvalue weighted by Gasteiger charge is 2.32. The van der Waals surface area contributed by atoms with Crippen LogP contribution in [-0.2, 0) is 11.4 Å². The number of ether oxygens (including phenoxy) is 3. The van der Waals surface area contributed by atoms with E-state index in [1.54, 1.807) is 24.3 Å². The molecule has 42 heavy (non-hydrogen) atoms. The Labute approximate surface area is 257 Å². The topological polar surface area (TPSA) is 94.6 Å². The van der Waals surface area contributed by atoms with Crippen LogP contribution in [0, 0.1) is 23.2 Å². The predicted molar refractivity (Wildman–Crippen MR) is 164 cm³/mol. The van der Waals surface area contributed by atoms with Crippen molar-refractivity contribution in [3.63, 3.8) is 0 Å². The van der Waals surface area contributed by atoms with Crippen molar-refractivity contribution in [2.75, 3.05) is 0 Å². The fraction of sp³-hybridized carbons (Fsp3) is 0.353. The highest BCUT2D eigenvalue weighted by Crippen LogP contribution is 2.44. The van der Waals surface area contributed by atoms with Gasteiger partial charge in [-0.25, -0.2) is 0 Å². The third-order valence-electron chi connectivity index (χ3n) is 8.18. The van der Waals surface area contributed by atoms with Gasteiger partial charge in [0, 0.05) is 27.2 Å². The van der Waals surface area contributed by atoms with Crippen LogP contribution in [0.5, 0.6) is 17.2 Å². The molecule has 1 fully saturated rings. The molecule has 0 saturated heterocycles. The molecule has 0 bridgehead atoms. The number of benzene rings is 3. The molecule has 3 aromatic carbocycles. The van der Waals surface area contributed by atoms with Gasteiger partial charge in [0.1, 0.15) is 35.5 Å². The minimum Gasteiger partial charge on any atom is -0.489 e. The normalized spacial score (nSPS) is 19.8. The number of allylic oxidation sites excluding steroid dienone is 1. The summed E-state index contributed by atoms with van der Waals surface area (Å²) >= 11 is 12.2. The van der Waals surface area contributed by atoms with E-state index in [9.17, 15) is 10.1 Å². The molecule has 0 radical (unpaired) electrons. The summed E-state index contributed by atoms with van der Waals surface area (Å²) in [6.07, 6.45) is 7.58. The molecule has 1 heterocycles. The van der Waals surface area contributed by atoms with E-state index in [-0.39, 0.29) is 24.4 Å². The van der Waals surface area contributed by atoms with Crippen molar-refractivity contribution in [1.82, 2.24) is 0 Å². The van der Waals surface area contributed by atoms with E-state index in [0.717, 1.165) is 48.3 Å². The molecular formula is C34H34Cl2N2O4. The molecule has 0 aromatic heterocycles. The maximum absolute atomic E-state index is 12.9. The van der Waals surface area contributed by atoms with Crippen LogP contribution < -0.4 is 19.9 Å². The summed E-state index contributed by atoms with van der Waals surface area (Å²) in [5.74, 6) is 1.53. The van der Waals surface area contributed by atoms with E-state index in [1.807, 2.05) is 36.4 Å². The maximum atomic E-state index is 12.9. The number of nitrogens with zero attached hydrogens (tertiary/aromatic N) is 1. The molecule has 1 saturated carbocycles. The lowest BCUT2D eigenvalue weighted by Crippen LogP contribution is -2.26. The second-order valence-electron chi connectivity index (χ2n) is 11.0. The lowest BCUT2D eigenvalue weighted by Gasteiger charge is -2.28. The standard InChI is InChI=1S/C34H34Cl2N2O4/c1-2-3-4-21-5-7-23(8-6-21)34(39)41-27-15-16-28-31(18-27)42-33(38)29(19-37)32(28)22-10-13-26(14-11-22)40-20-24-9-12-25(35)17-30(24)36/h9-18,21,23,32H,2-8,20,38H2,1H3. The molecule has 8 heteroatoms. The molecule has 218 valence electrons. The van der Waals surface area contributed by atoms with Gasteiger partial charge in [0.2, 0.25) is 5.88 Å². The predicted octanol–water partition coefficient (Wildman–Crippen LogP) is 8.69. The van der Waals surface area contributed by atoms with Crippen LogP contribution in [0.15, 0.2) is 72.1 Å². The van der Waals surface area contributed by atoms with Crippen molar-refractivity contribution in [3.8, 4) is 23.3 Å². The third kappa shape index (κ3) is 6.86. The first-order valence-corrected chi connectivity index (χ1v) is 15.2. The lowest BCUT2D eigenvalue weighted by atomic mass is 9.80. The summed E-state index contributed by atoms with van der Waals surface area (Å²) in [7, 11) is 0. The molecule has 6 nitrogen and oxygen atoms in total. The zero-order valence-corrected chi connectivity index (χ0v) is 25.1. The van der Waals surface area contributed by atoms with Gasteiger partial charge in [0.25, 0.3) is 0 Å². The van der Waals surface area contributed by atoms with Gasteiger partial charge >= 0.3 is 5.97 Å². The van der Waals surface area contributed by atoms with Gasteiger partial charge in [-0.3, -0.25) is 4.79 Å². The largest absolute Gasteiger partial charge is 0.489 e. The second kappa shape index (κ2) is 13.5. The van der Waals surface area contributed by atoms with Gasteiger partial charge in [0.05, 0.1) is 11.8 Å². The molecule has 1 aliphatic carbocycles. The summed E-state index contributed by atoms with van der Waals surface area (Å²) in [5, 5.41) is 11.0. The monoisotopic (exact) mass is 604 g/mol. The molecule has 0 spiro atoms. The fourth-order valence-corrected chi connectivity index (χ4v) is 6.24. The fourth-order valence-electron chi connectivity index (χ4n) is 5.78. The van der Waals surface area contributed by atoms with Crippen LogP contribution in [0.2, 0.25) is 10.0 Å². The summed E-state index contributed by atoms with van der Waals surface area (Å²) in [6.45, 7) is 2.50. The Morgan fingerprint density at radius 1 is 1.02 bits per heavy atom. The van der Waals surface area contributed by atoms with E-state index in [0.29, 0.717) is 32.9 Å². The van der Waals surface area contributed by atoms with Crippen molar-refractivity contribution < 1.29 is 19.0 Å². The molecular weight excluding hydrogens is 571 g/mol. The number of nitriles is 1. The Morgan fingerprint density at radius 2 is 1.76 bits per heavy atom. The Kier molecular flexibility index (Phi) is 9.62. The van der Waals surface area contributed by atoms with Crippen LogP contribution in [0.4, 0.5) is 0 Å². The number of halogens is 2. The van der Waals surface area contributed by atoms with Crippen molar-refractivity contribution in [3.05, 3.63) is 98.9 Å². The minimum atomic E-state index is -0.443. The highest BCUT2D eigenvalue weighted by molar-refractivity contribution is 6.35. The van der Waals surface area contributed by atoms with Crippen LogP contribution in [0.1, 0.15) is 74.5 Å². The minimum absolute atomic E-state index is 0.0292. The Hall–Kier alpha value is -3.66. The summed E-state index contributed by atoms with van der Waals surface area (Å²) in [6, 6.07) is 20.2. The zero-order valence-electron chi connectivity index (χ0n) is 23.6. The van der Waals surface area contributed by atoms with Crippen LogP contribution in [-0.4, -0.2) is 5.97 Å². The van der Waals surface area contributed by atoms with E-state index in [2.05, 4.69) is 13.0 Å². The van der Waals surface area contributed by atoms with Crippen molar-refractivity contribution in [2.24, 2.45) is 17.6 Å². The molecule has 5 rings (SSSR count). The SMILES string of the molecule is CCCCC1CCC(C(=O)Oc2ccc3c(c2)OC(N)=C(C#N)C3c2ccc(OCc3ccc(Cl)cc3Cl)cc2)CC1. The lowest BCUT2D eigenvalue weighted by molar-refractivity contribution is -0.140. The Balaban J connectivity index is 1.28. The molecule has 2 N–H and O–H groups in total. The van der Waals surface area contributed by atoms with Gasteiger partial charge in [-0.05, 0) is 67.5 Å². The number of rotatable bonds is 9. The highest BCUT2D eigenvalue weighted by atomic mass is 35.5. The van der Waals surface area contributed by atoms with Gasteiger partial charge in [-0.1, -0.05) is 73.7 Å². The molecule has 1 atom stereocenters. The van der Waals surface area contributed by atoms with E-state index < -0.39 is 5.92 Å². The van der Waals surface area contributed by atoms with E-state index in [4.69, 9.17) is 43.1 Å². The number of hydrogen-bond acceptors (Lipinski definition) is 6. The van der Waals surface area contributed by atoms with Crippen molar-refractivity contribution >= 4 is 29.2 Å². The third-order valence-corrected chi connectivity index (χ3v) is 8.76. The number of fused-ring (bicyclic) bond motifs is 1. The summed E-state index contributed by atoms with van der Waals surface area (Å²) in [4.78, 5) is 12.9. The number of carbonyl (C=O) groups excluding carboxylic acids is 1. The van der Waals surface area contributed by atoms with Crippen LogP contribution in [0.3, 0.4) is 0 Å². The molecule has 0 amide bonds. The van der Waals surface area contributed by atoms with Gasteiger partial charge in [-0.2, -0.15) is 5.26 Å². The number of esters is 1. The van der Waals surface area contributed by atoms with Crippen molar-refractivity contribution in [1.29, 1.82) is 5.26 Å². The van der Waals surface area contributed by atoms with Gasteiger partial charge < -0.3 is 19.9 Å². The maximum Gasteiger partial charge on any atom is 0.314 e. The van der Waals surface area contributed by atoms with Gasteiger partial charge in [-0.15, -0.1) is 0 Å². The summed E-state index contributed by atoms with van der Waals surface area (Å²) < 4.78 is 17.5. The smallest absolute Gasteiger partial charge is 0.314 e. The number of hydrogen-bond donors (Lipinski definition) is 1. The van der Waals surface area contributed by atoms with Crippen molar-refractivity contribution in [2.45, 2.75) is 64.4 Å². The molecule has 1 unspecified atom stereocenters. The Morgan fingerprint density at radius 3 is 2.45 bits per heavy atom. The zero-order chi connectivity index (χ0) is 29.6. The summed E-state index contributed by atoms with van der Waals surface area (Å²) in [5.41, 5.74) is 8.94. The van der Waals surface area contributed by atoms with Crippen LogP contribution >= 0.6 is 23.2 Å². The second-order valence-corrected chi connectivity index (χ2v) is 11.8. The number of unbranched alkanes of at least 4 members (excludes halogenated alkanes) is 1. The molecule has 1 aliphatic heterocycles. The number of nitrogens with two attached hydrogens (primary N) is 1. The molecule has 3 aromatic rings.